The Hall–Kier alpha value is -4.47. The number of ether oxygens (including phenoxy) is 1. The summed E-state index contributed by atoms with van der Waals surface area (Å²) < 4.78 is 48.0. The molecule has 1 aliphatic heterocycles. The van der Waals surface area contributed by atoms with Crippen LogP contribution in [-0.2, 0) is 17.5 Å². The lowest BCUT2D eigenvalue weighted by Gasteiger charge is -2.45. The van der Waals surface area contributed by atoms with E-state index in [4.69, 9.17) is 16.2 Å². The van der Waals surface area contributed by atoms with Gasteiger partial charge in [0.2, 0.25) is 0 Å². The Labute approximate surface area is 228 Å². The van der Waals surface area contributed by atoms with E-state index in [9.17, 15) is 22.8 Å². The fraction of sp³-hybridized carbons (Fsp3) is 0.407. The quantitative estimate of drug-likeness (QED) is 0.449. The van der Waals surface area contributed by atoms with Crippen LogP contribution in [0.1, 0.15) is 53.7 Å². The molecule has 3 aromatic rings. The van der Waals surface area contributed by atoms with Crippen LogP contribution in [0, 0.1) is 17.3 Å². The van der Waals surface area contributed by atoms with Crippen molar-refractivity contribution in [2.24, 2.45) is 11.1 Å². The number of alkyl halides is 3. The van der Waals surface area contributed by atoms with Crippen molar-refractivity contribution >= 4 is 17.6 Å². The van der Waals surface area contributed by atoms with Crippen LogP contribution in [0.2, 0.25) is 0 Å². The number of rotatable bonds is 6. The Balaban J connectivity index is 1.38. The summed E-state index contributed by atoms with van der Waals surface area (Å²) in [6.07, 6.45) is 0.824. The van der Waals surface area contributed by atoms with Crippen LogP contribution in [-0.4, -0.2) is 56.5 Å². The number of anilines is 1. The highest BCUT2D eigenvalue weighted by molar-refractivity contribution is 6.03. The summed E-state index contributed by atoms with van der Waals surface area (Å²) in [7, 11) is 1.38. The molecule has 13 heteroatoms. The zero-order valence-electron chi connectivity index (χ0n) is 22.0. The molecule has 1 saturated carbocycles. The number of hydrogen-bond acceptors (Lipinski definition) is 6. The van der Waals surface area contributed by atoms with Crippen molar-refractivity contribution in [2.75, 3.05) is 25.9 Å². The van der Waals surface area contributed by atoms with Gasteiger partial charge in [-0.25, -0.2) is 4.68 Å². The Morgan fingerprint density at radius 2 is 2.02 bits per heavy atom. The SMILES string of the molecule is CC#CC(=O)N1CC[C@]2(C1)C[C@H](n1nc(-c3cnn(Cc4cc(C(F)(F)F)ccc4OC)c3)c(C(N)=O)c1N)C2. The number of likely N-dealkylation sites (tertiary alicyclic amines) is 1. The number of halogens is 3. The second kappa shape index (κ2) is 9.93. The molecule has 1 saturated heterocycles. The second-order valence-corrected chi connectivity index (χ2v) is 10.3. The van der Waals surface area contributed by atoms with Gasteiger partial charge in [0.25, 0.3) is 11.8 Å². The van der Waals surface area contributed by atoms with E-state index in [2.05, 4.69) is 22.0 Å². The van der Waals surface area contributed by atoms with E-state index in [0.717, 1.165) is 31.4 Å². The predicted molar refractivity (Wildman–Crippen MR) is 139 cm³/mol. The van der Waals surface area contributed by atoms with Gasteiger partial charge in [-0.05, 0) is 55.7 Å². The van der Waals surface area contributed by atoms with Crippen molar-refractivity contribution in [3.63, 3.8) is 0 Å². The van der Waals surface area contributed by atoms with Crippen molar-refractivity contribution in [1.29, 1.82) is 0 Å². The molecule has 2 aliphatic rings. The van der Waals surface area contributed by atoms with E-state index in [-0.39, 0.29) is 52.3 Å². The monoisotopic (exact) mass is 555 g/mol. The van der Waals surface area contributed by atoms with Crippen molar-refractivity contribution in [1.82, 2.24) is 24.5 Å². The van der Waals surface area contributed by atoms with E-state index < -0.39 is 17.6 Å². The highest BCUT2D eigenvalue weighted by Crippen LogP contribution is 2.54. The predicted octanol–water partition coefficient (Wildman–Crippen LogP) is 3.08. The molecule has 210 valence electrons. The third-order valence-corrected chi connectivity index (χ3v) is 7.68. The number of methoxy groups -OCH3 is 1. The number of nitrogens with zero attached hydrogens (tertiary/aromatic N) is 5. The summed E-state index contributed by atoms with van der Waals surface area (Å²) >= 11 is 0. The molecule has 3 heterocycles. The van der Waals surface area contributed by atoms with Crippen molar-refractivity contribution < 1.29 is 27.5 Å². The Morgan fingerprint density at radius 1 is 1.27 bits per heavy atom. The van der Waals surface area contributed by atoms with Gasteiger partial charge in [0.05, 0.1) is 31.5 Å². The van der Waals surface area contributed by atoms with Crippen LogP contribution in [0.3, 0.4) is 0 Å². The lowest BCUT2D eigenvalue weighted by atomic mass is 9.65. The number of benzene rings is 1. The van der Waals surface area contributed by atoms with Gasteiger partial charge in [0.15, 0.2) is 0 Å². The van der Waals surface area contributed by atoms with Gasteiger partial charge in [-0.1, -0.05) is 5.92 Å². The highest BCUT2D eigenvalue weighted by atomic mass is 19.4. The maximum Gasteiger partial charge on any atom is 0.416 e. The zero-order chi connectivity index (χ0) is 28.8. The number of carbonyl (C=O) groups is 2. The van der Waals surface area contributed by atoms with Crippen LogP contribution in [0.15, 0.2) is 30.6 Å². The van der Waals surface area contributed by atoms with E-state index in [1.807, 2.05) is 0 Å². The summed E-state index contributed by atoms with van der Waals surface area (Å²) in [5.74, 6) is 4.71. The molecule has 1 spiro atoms. The average molecular weight is 556 g/mol. The van der Waals surface area contributed by atoms with Crippen LogP contribution >= 0.6 is 0 Å². The minimum atomic E-state index is -4.51. The van der Waals surface area contributed by atoms with E-state index in [1.165, 1.54) is 24.1 Å². The number of primary amides is 1. The molecule has 2 fully saturated rings. The number of nitrogen functional groups attached to an aromatic ring is 1. The number of carbonyl (C=O) groups excluding carboxylic acids is 2. The molecule has 40 heavy (non-hydrogen) atoms. The number of nitrogens with two attached hydrogens (primary N) is 2. The topological polar surface area (TPSA) is 134 Å². The maximum absolute atomic E-state index is 13.3. The highest BCUT2D eigenvalue weighted by Gasteiger charge is 2.51. The normalized spacial score (nSPS) is 20.2. The van der Waals surface area contributed by atoms with Gasteiger partial charge in [0.1, 0.15) is 22.8 Å². The molecule has 2 aromatic heterocycles. The van der Waals surface area contributed by atoms with Crippen LogP contribution < -0.4 is 16.2 Å². The largest absolute Gasteiger partial charge is 0.496 e. The summed E-state index contributed by atoms with van der Waals surface area (Å²) in [6.45, 7) is 2.86. The van der Waals surface area contributed by atoms with Crippen LogP contribution in [0.4, 0.5) is 19.0 Å². The lowest BCUT2D eigenvalue weighted by molar-refractivity contribution is -0.137. The first-order chi connectivity index (χ1) is 18.9. The summed E-state index contributed by atoms with van der Waals surface area (Å²) in [6, 6.07) is 3.15. The zero-order valence-corrected chi connectivity index (χ0v) is 22.0. The molecular weight excluding hydrogens is 527 g/mol. The molecule has 0 radical (unpaired) electrons. The molecular formula is C27H28F3N7O3. The third-order valence-electron chi connectivity index (χ3n) is 7.68. The van der Waals surface area contributed by atoms with Gasteiger partial charge in [0, 0.05) is 30.4 Å². The van der Waals surface area contributed by atoms with Gasteiger partial charge < -0.3 is 21.1 Å². The van der Waals surface area contributed by atoms with Gasteiger partial charge in [-0.15, -0.1) is 0 Å². The summed E-state index contributed by atoms with van der Waals surface area (Å²) in [5, 5.41) is 8.88. The lowest BCUT2D eigenvalue weighted by Crippen LogP contribution is -2.42. The first-order valence-corrected chi connectivity index (χ1v) is 12.6. The summed E-state index contributed by atoms with van der Waals surface area (Å²) in [5.41, 5.74) is 12.2. The molecule has 1 aliphatic carbocycles. The second-order valence-electron chi connectivity index (χ2n) is 10.3. The molecule has 0 unspecified atom stereocenters. The third kappa shape index (κ3) is 4.85. The molecule has 5 rings (SSSR count). The first-order valence-electron chi connectivity index (χ1n) is 12.6. The minimum absolute atomic E-state index is 0.0159. The first kappa shape index (κ1) is 27.1. The van der Waals surface area contributed by atoms with Crippen LogP contribution in [0.25, 0.3) is 11.3 Å². The molecule has 2 amide bonds. The molecule has 0 bridgehead atoms. The molecule has 4 N–H and O–H groups in total. The van der Waals surface area contributed by atoms with Gasteiger partial charge >= 0.3 is 6.18 Å². The number of aromatic nitrogens is 4. The van der Waals surface area contributed by atoms with Crippen molar-refractivity contribution in [3.05, 3.63) is 47.3 Å². The number of hydrogen-bond donors (Lipinski definition) is 2. The van der Waals surface area contributed by atoms with Crippen molar-refractivity contribution in [2.45, 2.75) is 44.9 Å². The van der Waals surface area contributed by atoms with E-state index in [1.54, 1.807) is 22.7 Å². The van der Waals surface area contributed by atoms with Gasteiger partial charge in [-0.3, -0.25) is 14.3 Å². The van der Waals surface area contributed by atoms with E-state index >= 15 is 0 Å². The van der Waals surface area contributed by atoms with Crippen LogP contribution in [0.5, 0.6) is 5.75 Å². The minimum Gasteiger partial charge on any atom is -0.496 e. The number of amides is 2. The fourth-order valence-electron chi connectivity index (χ4n) is 5.74. The van der Waals surface area contributed by atoms with Gasteiger partial charge in [-0.2, -0.15) is 23.4 Å². The molecule has 10 nitrogen and oxygen atoms in total. The maximum atomic E-state index is 13.3. The summed E-state index contributed by atoms with van der Waals surface area (Å²) in [4.78, 5) is 26.3. The molecule has 0 atom stereocenters. The van der Waals surface area contributed by atoms with E-state index in [0.29, 0.717) is 18.7 Å². The standard InChI is InChI=1S/C27H28F3N7O3/c1-3-4-21(38)35-8-7-26(15-35)10-19(11-26)37-24(31)22(25(32)39)23(34-37)17-12-33-36(14-17)13-16-9-18(27(28,29)30)5-6-20(16)40-2/h5-6,9,12,14,19H,7-8,10-11,13,15,31H2,1-2H3,(H2,32,39)/t19-,26-. The fourth-order valence-corrected chi connectivity index (χ4v) is 5.74. The Morgan fingerprint density at radius 3 is 2.67 bits per heavy atom. The Bertz CT molecular complexity index is 1540. The molecule has 1 aromatic carbocycles. The van der Waals surface area contributed by atoms with Crippen molar-refractivity contribution in [3.8, 4) is 28.8 Å². The average Bonchev–Trinajstić information content (AvgIpc) is 3.60. The Kier molecular flexibility index (Phi) is 6.73. The smallest absolute Gasteiger partial charge is 0.416 e.